The highest BCUT2D eigenvalue weighted by Crippen LogP contribution is 2.37. The Morgan fingerprint density at radius 2 is 1.67 bits per heavy atom. The van der Waals surface area contributed by atoms with E-state index >= 15 is 0 Å². The molecule has 0 fully saturated rings. The topological polar surface area (TPSA) is 29.5 Å². The van der Waals surface area contributed by atoms with E-state index in [0.29, 0.717) is 12.2 Å². The molecular weight excluding hydrogens is 370 g/mol. The van der Waals surface area contributed by atoms with Gasteiger partial charge in [0.25, 0.3) is 5.91 Å². The van der Waals surface area contributed by atoms with E-state index in [0.717, 1.165) is 39.4 Å². The highest BCUT2D eigenvalue weighted by atomic mass is 16.5. The molecule has 1 aliphatic rings. The van der Waals surface area contributed by atoms with E-state index in [-0.39, 0.29) is 5.91 Å². The van der Waals surface area contributed by atoms with E-state index in [1.807, 2.05) is 92.4 Å². The Balaban J connectivity index is 1.78. The summed E-state index contributed by atoms with van der Waals surface area (Å²) in [7, 11) is 0. The molecule has 1 amide bonds. The highest BCUT2D eigenvalue weighted by molar-refractivity contribution is 6.23. The lowest BCUT2D eigenvalue weighted by Gasteiger charge is -2.23. The lowest BCUT2D eigenvalue weighted by molar-refractivity contribution is -0.113. The van der Waals surface area contributed by atoms with Crippen LogP contribution in [0.3, 0.4) is 0 Å². The van der Waals surface area contributed by atoms with Gasteiger partial charge in [-0.05, 0) is 73.4 Å². The predicted octanol–water partition coefficient (Wildman–Crippen LogP) is 6.17. The van der Waals surface area contributed by atoms with Gasteiger partial charge >= 0.3 is 0 Å². The maximum atomic E-state index is 13.5. The molecule has 150 valence electrons. The molecule has 0 radical (unpaired) electrons. The van der Waals surface area contributed by atoms with Crippen LogP contribution in [0.4, 0.5) is 5.69 Å². The normalized spacial score (nSPS) is 14.9. The smallest absolute Gasteiger partial charge is 0.262 e. The van der Waals surface area contributed by atoms with Crippen molar-refractivity contribution >= 4 is 23.4 Å². The summed E-state index contributed by atoms with van der Waals surface area (Å²) >= 11 is 0. The lowest BCUT2D eigenvalue weighted by atomic mass is 10.1. The van der Waals surface area contributed by atoms with E-state index in [9.17, 15) is 4.79 Å². The second-order valence-corrected chi connectivity index (χ2v) is 7.43. The first-order chi connectivity index (χ1) is 14.6. The molecule has 3 aromatic carbocycles. The van der Waals surface area contributed by atoms with Crippen molar-refractivity contribution in [3.05, 3.63) is 107 Å². The first kappa shape index (κ1) is 19.7. The molecule has 0 bridgehead atoms. The highest BCUT2D eigenvalue weighted by Gasteiger charge is 2.31. The van der Waals surface area contributed by atoms with Crippen LogP contribution in [0.1, 0.15) is 29.2 Å². The first-order valence-corrected chi connectivity index (χ1v) is 10.2. The Morgan fingerprint density at radius 3 is 2.37 bits per heavy atom. The Kier molecular flexibility index (Phi) is 5.53. The molecule has 0 unspecified atom stereocenters. The largest absolute Gasteiger partial charge is 0.494 e. The van der Waals surface area contributed by atoms with Gasteiger partial charge in [-0.25, -0.2) is 0 Å². The van der Waals surface area contributed by atoms with Gasteiger partial charge < -0.3 is 4.74 Å². The van der Waals surface area contributed by atoms with E-state index in [2.05, 4.69) is 18.2 Å². The van der Waals surface area contributed by atoms with Crippen molar-refractivity contribution in [3.63, 3.8) is 0 Å². The monoisotopic (exact) mass is 395 g/mol. The maximum absolute atomic E-state index is 13.5. The summed E-state index contributed by atoms with van der Waals surface area (Å²) in [4.78, 5) is 15.3. The van der Waals surface area contributed by atoms with Crippen molar-refractivity contribution < 1.29 is 9.53 Å². The third kappa shape index (κ3) is 3.92. The SMILES string of the molecule is CCOc1ccc(/C=C2\C=C(c3ccccc3)N(c3cc(C)ccc3C)C2=O)cc1. The molecule has 30 heavy (non-hydrogen) atoms. The molecule has 0 saturated heterocycles. The average Bonchev–Trinajstić information content (AvgIpc) is 3.08. The molecule has 0 aromatic heterocycles. The molecule has 3 aromatic rings. The number of ether oxygens (including phenoxy) is 1. The summed E-state index contributed by atoms with van der Waals surface area (Å²) in [5, 5.41) is 0. The zero-order valence-electron chi connectivity index (χ0n) is 17.6. The molecule has 0 aliphatic carbocycles. The van der Waals surface area contributed by atoms with E-state index in [1.165, 1.54) is 0 Å². The van der Waals surface area contributed by atoms with Crippen LogP contribution in [-0.4, -0.2) is 12.5 Å². The summed E-state index contributed by atoms with van der Waals surface area (Å²) in [5.74, 6) is 0.811. The van der Waals surface area contributed by atoms with Gasteiger partial charge in [-0.2, -0.15) is 0 Å². The molecule has 0 spiro atoms. The molecule has 0 atom stereocenters. The van der Waals surface area contributed by atoms with Gasteiger partial charge in [0.05, 0.1) is 18.0 Å². The average molecular weight is 396 g/mol. The van der Waals surface area contributed by atoms with Crippen molar-refractivity contribution in [3.8, 4) is 5.75 Å². The predicted molar refractivity (Wildman–Crippen MR) is 123 cm³/mol. The number of hydrogen-bond donors (Lipinski definition) is 0. The fraction of sp³-hybridized carbons (Fsp3) is 0.148. The van der Waals surface area contributed by atoms with Gasteiger partial charge in [0, 0.05) is 5.57 Å². The van der Waals surface area contributed by atoms with Crippen molar-refractivity contribution in [2.45, 2.75) is 20.8 Å². The van der Waals surface area contributed by atoms with Crippen LogP contribution >= 0.6 is 0 Å². The second-order valence-electron chi connectivity index (χ2n) is 7.43. The van der Waals surface area contributed by atoms with Crippen molar-refractivity contribution in [2.75, 3.05) is 11.5 Å². The number of carbonyl (C=O) groups excluding carboxylic acids is 1. The number of carbonyl (C=O) groups is 1. The Labute approximate surface area is 177 Å². The summed E-state index contributed by atoms with van der Waals surface area (Å²) in [6, 6.07) is 24.1. The molecule has 3 heteroatoms. The summed E-state index contributed by atoms with van der Waals surface area (Å²) in [5.41, 5.74) is 6.66. The number of benzene rings is 3. The van der Waals surface area contributed by atoms with Crippen LogP contribution in [0.15, 0.2) is 84.4 Å². The summed E-state index contributed by atoms with van der Waals surface area (Å²) in [6.07, 6.45) is 3.92. The minimum absolute atomic E-state index is 0.0172. The van der Waals surface area contributed by atoms with Gasteiger partial charge in [0.1, 0.15) is 5.75 Å². The van der Waals surface area contributed by atoms with Gasteiger partial charge in [-0.1, -0.05) is 54.6 Å². The maximum Gasteiger partial charge on any atom is 0.262 e. The number of nitrogens with zero attached hydrogens (tertiary/aromatic N) is 1. The number of aryl methyl sites for hydroxylation is 2. The Hall–Kier alpha value is -3.59. The van der Waals surface area contributed by atoms with Gasteiger partial charge in [-0.3, -0.25) is 9.69 Å². The first-order valence-electron chi connectivity index (χ1n) is 10.2. The molecule has 0 saturated carbocycles. The molecule has 0 N–H and O–H groups in total. The third-order valence-electron chi connectivity index (χ3n) is 5.17. The van der Waals surface area contributed by atoms with Crippen LogP contribution < -0.4 is 9.64 Å². The Bertz CT molecular complexity index is 1130. The molecular formula is C27H25NO2. The number of anilines is 1. The van der Waals surface area contributed by atoms with Crippen LogP contribution in [-0.2, 0) is 4.79 Å². The quantitative estimate of drug-likeness (QED) is 0.483. The van der Waals surface area contributed by atoms with Crippen molar-refractivity contribution in [1.29, 1.82) is 0 Å². The third-order valence-corrected chi connectivity index (χ3v) is 5.17. The van der Waals surface area contributed by atoms with Crippen molar-refractivity contribution in [1.82, 2.24) is 0 Å². The van der Waals surface area contributed by atoms with E-state index < -0.39 is 0 Å². The van der Waals surface area contributed by atoms with Gasteiger partial charge in [-0.15, -0.1) is 0 Å². The zero-order valence-corrected chi connectivity index (χ0v) is 17.6. The van der Waals surface area contributed by atoms with Crippen LogP contribution in [0, 0.1) is 13.8 Å². The van der Waals surface area contributed by atoms with Gasteiger partial charge in [0.15, 0.2) is 0 Å². The molecule has 1 heterocycles. The Morgan fingerprint density at radius 1 is 0.933 bits per heavy atom. The van der Waals surface area contributed by atoms with E-state index in [1.54, 1.807) is 0 Å². The molecule has 1 aliphatic heterocycles. The van der Waals surface area contributed by atoms with Gasteiger partial charge in [0.2, 0.25) is 0 Å². The number of amides is 1. The fourth-order valence-electron chi connectivity index (χ4n) is 3.64. The number of hydrogen-bond acceptors (Lipinski definition) is 2. The number of rotatable bonds is 5. The van der Waals surface area contributed by atoms with Crippen molar-refractivity contribution in [2.24, 2.45) is 0 Å². The minimum atomic E-state index is -0.0172. The molecule has 3 nitrogen and oxygen atoms in total. The standard InChI is InChI=1S/C27H25NO2/c1-4-30-24-14-12-21(13-15-24)17-23-18-26(22-8-6-5-7-9-22)28(27(23)29)25-16-19(2)10-11-20(25)3/h5-18H,4H2,1-3H3/b23-17+. The van der Waals surface area contributed by atoms with Crippen LogP contribution in [0.2, 0.25) is 0 Å². The van der Waals surface area contributed by atoms with Crippen LogP contribution in [0.25, 0.3) is 11.8 Å². The van der Waals surface area contributed by atoms with E-state index in [4.69, 9.17) is 4.74 Å². The molecule has 4 rings (SSSR count). The summed E-state index contributed by atoms with van der Waals surface area (Å²) in [6.45, 7) is 6.68. The second kappa shape index (κ2) is 8.42. The zero-order chi connectivity index (χ0) is 21.1. The van der Waals surface area contributed by atoms with Crippen LogP contribution in [0.5, 0.6) is 5.75 Å². The minimum Gasteiger partial charge on any atom is -0.494 e. The fourth-order valence-corrected chi connectivity index (χ4v) is 3.64. The lowest BCUT2D eigenvalue weighted by Crippen LogP contribution is -2.25. The summed E-state index contributed by atoms with van der Waals surface area (Å²) < 4.78 is 5.52.